The molecule has 0 spiro atoms. The molecule has 2 aromatic heterocycles. The fourth-order valence-corrected chi connectivity index (χ4v) is 5.59. The zero-order chi connectivity index (χ0) is 23.2. The van der Waals surface area contributed by atoms with Gasteiger partial charge in [0, 0.05) is 19.3 Å². The van der Waals surface area contributed by atoms with Crippen molar-refractivity contribution < 1.29 is 14.7 Å². The second-order valence-corrected chi connectivity index (χ2v) is 10.3. The standard InChI is InChI=1S/C22H24N4O4S2/c1-12-4-5-17-23-19(24-8-13(2)6-14(3)9-24)15(20(29)25(17)10-12)7-16-21(30)26(11-18(27)28)22(31)32-16/h4-5,7,10,13-14H,6,8-9,11H2,1-3H3,(H,27,28)/b16-7-/t13-,14+. The molecule has 2 aliphatic heterocycles. The Hall–Kier alpha value is -2.72. The quantitative estimate of drug-likeness (QED) is 0.536. The number of anilines is 1. The lowest BCUT2D eigenvalue weighted by Crippen LogP contribution is -2.40. The van der Waals surface area contributed by atoms with E-state index in [2.05, 4.69) is 18.7 Å². The third kappa shape index (κ3) is 4.29. The van der Waals surface area contributed by atoms with Crippen molar-refractivity contribution in [3.8, 4) is 0 Å². The highest BCUT2D eigenvalue weighted by atomic mass is 32.2. The number of piperidine rings is 1. The number of aliphatic carboxylic acids is 1. The Bertz CT molecular complexity index is 1210. The minimum absolute atomic E-state index is 0.162. The van der Waals surface area contributed by atoms with Gasteiger partial charge < -0.3 is 10.0 Å². The second kappa shape index (κ2) is 8.67. The molecule has 168 valence electrons. The number of nitrogens with zero attached hydrogens (tertiary/aromatic N) is 4. The minimum atomic E-state index is -1.15. The molecule has 1 amide bonds. The van der Waals surface area contributed by atoms with Crippen molar-refractivity contribution in [3.63, 3.8) is 0 Å². The summed E-state index contributed by atoms with van der Waals surface area (Å²) in [5.74, 6) is -0.233. The molecule has 0 unspecified atom stereocenters. The van der Waals surface area contributed by atoms with E-state index < -0.39 is 18.4 Å². The van der Waals surface area contributed by atoms with E-state index in [4.69, 9.17) is 22.3 Å². The first kappa shape index (κ1) is 22.5. The topological polar surface area (TPSA) is 95.2 Å². The van der Waals surface area contributed by atoms with Crippen molar-refractivity contribution in [2.45, 2.75) is 27.2 Å². The molecule has 2 fully saturated rings. The van der Waals surface area contributed by atoms with Crippen LogP contribution in [0, 0.1) is 18.8 Å². The molecule has 32 heavy (non-hydrogen) atoms. The highest BCUT2D eigenvalue weighted by Crippen LogP contribution is 2.34. The summed E-state index contributed by atoms with van der Waals surface area (Å²) in [6, 6.07) is 3.72. The average molecular weight is 473 g/mol. The molecule has 8 nitrogen and oxygen atoms in total. The molecule has 4 heterocycles. The minimum Gasteiger partial charge on any atom is -0.480 e. The highest BCUT2D eigenvalue weighted by Gasteiger charge is 2.34. The van der Waals surface area contributed by atoms with Gasteiger partial charge in [0.25, 0.3) is 11.5 Å². The molecule has 0 radical (unpaired) electrons. The van der Waals surface area contributed by atoms with Gasteiger partial charge in [0.2, 0.25) is 0 Å². The Morgan fingerprint density at radius 2 is 1.97 bits per heavy atom. The third-order valence-electron chi connectivity index (χ3n) is 5.60. The number of thiocarbonyl (C=S) groups is 1. The lowest BCUT2D eigenvalue weighted by Gasteiger charge is -2.36. The number of thioether (sulfide) groups is 1. The summed E-state index contributed by atoms with van der Waals surface area (Å²) in [5.41, 5.74) is 1.48. The van der Waals surface area contributed by atoms with Crippen molar-refractivity contribution >= 4 is 57.7 Å². The monoisotopic (exact) mass is 472 g/mol. The number of carboxylic acids is 1. The van der Waals surface area contributed by atoms with Crippen LogP contribution in [0.15, 0.2) is 28.0 Å². The van der Waals surface area contributed by atoms with E-state index in [-0.39, 0.29) is 14.8 Å². The van der Waals surface area contributed by atoms with Crippen LogP contribution in [-0.4, -0.2) is 55.2 Å². The first-order valence-corrected chi connectivity index (χ1v) is 11.6. The molecule has 2 saturated heterocycles. The molecular formula is C22H24N4O4S2. The molecule has 0 bridgehead atoms. The predicted molar refractivity (Wildman–Crippen MR) is 129 cm³/mol. The number of fused-ring (bicyclic) bond motifs is 1. The van der Waals surface area contributed by atoms with Gasteiger partial charge in [-0.15, -0.1) is 0 Å². The smallest absolute Gasteiger partial charge is 0.323 e. The number of carbonyl (C=O) groups excluding carboxylic acids is 1. The third-order valence-corrected chi connectivity index (χ3v) is 6.97. The number of pyridine rings is 1. The van der Waals surface area contributed by atoms with Gasteiger partial charge in [0.15, 0.2) is 0 Å². The van der Waals surface area contributed by atoms with E-state index in [0.29, 0.717) is 28.9 Å². The van der Waals surface area contributed by atoms with Crippen LogP contribution >= 0.6 is 24.0 Å². The Labute approximate surface area is 194 Å². The van der Waals surface area contributed by atoms with Crippen molar-refractivity contribution in [1.29, 1.82) is 0 Å². The number of amides is 1. The van der Waals surface area contributed by atoms with Gasteiger partial charge in [-0.2, -0.15) is 0 Å². The zero-order valence-electron chi connectivity index (χ0n) is 18.1. The molecule has 0 aliphatic carbocycles. The van der Waals surface area contributed by atoms with E-state index >= 15 is 0 Å². The number of hydrogen-bond donors (Lipinski definition) is 1. The summed E-state index contributed by atoms with van der Waals surface area (Å²) in [6.45, 7) is 7.27. The SMILES string of the molecule is Cc1ccc2nc(N3C[C@H](C)C[C@H](C)C3)c(/C=C3\SC(=S)N(CC(=O)O)C3=O)c(=O)n2c1. The molecule has 2 atom stereocenters. The largest absolute Gasteiger partial charge is 0.480 e. The molecule has 0 aromatic carbocycles. The number of carboxylic acid groups (broad SMARTS) is 1. The zero-order valence-corrected chi connectivity index (χ0v) is 19.7. The summed E-state index contributed by atoms with van der Waals surface area (Å²) < 4.78 is 1.65. The number of carbonyl (C=O) groups is 2. The molecule has 10 heteroatoms. The van der Waals surface area contributed by atoms with Crippen LogP contribution < -0.4 is 10.5 Å². The molecule has 0 saturated carbocycles. The Balaban J connectivity index is 1.87. The lowest BCUT2D eigenvalue weighted by molar-refractivity contribution is -0.140. The lowest BCUT2D eigenvalue weighted by atomic mass is 9.91. The Kier molecular flexibility index (Phi) is 6.09. The fraction of sp³-hybridized carbons (Fsp3) is 0.409. The summed E-state index contributed by atoms with van der Waals surface area (Å²) in [7, 11) is 0. The van der Waals surface area contributed by atoms with E-state index in [9.17, 15) is 14.4 Å². The van der Waals surface area contributed by atoms with Crippen LogP contribution in [0.5, 0.6) is 0 Å². The van der Waals surface area contributed by atoms with E-state index in [1.807, 2.05) is 19.1 Å². The van der Waals surface area contributed by atoms with Crippen LogP contribution in [0.1, 0.15) is 31.4 Å². The van der Waals surface area contributed by atoms with Crippen molar-refractivity contribution in [3.05, 3.63) is 44.7 Å². The van der Waals surface area contributed by atoms with E-state index in [1.54, 1.807) is 6.20 Å². The fourth-order valence-electron chi connectivity index (χ4n) is 4.35. The molecular weight excluding hydrogens is 448 g/mol. The van der Waals surface area contributed by atoms with Gasteiger partial charge in [-0.1, -0.05) is 43.9 Å². The molecule has 2 aliphatic rings. The van der Waals surface area contributed by atoms with Gasteiger partial charge in [-0.25, -0.2) is 4.98 Å². The summed E-state index contributed by atoms with van der Waals surface area (Å²) in [4.78, 5) is 45.6. The first-order chi connectivity index (χ1) is 15.1. The summed E-state index contributed by atoms with van der Waals surface area (Å²) in [6.07, 6.45) is 4.35. The Morgan fingerprint density at radius 3 is 2.62 bits per heavy atom. The predicted octanol–water partition coefficient (Wildman–Crippen LogP) is 2.77. The maximum atomic E-state index is 13.5. The van der Waals surface area contributed by atoms with Gasteiger partial charge >= 0.3 is 5.97 Å². The maximum absolute atomic E-state index is 13.5. The normalized spacial score (nSPS) is 22.9. The molecule has 4 rings (SSSR count). The Morgan fingerprint density at radius 1 is 1.28 bits per heavy atom. The van der Waals surface area contributed by atoms with Crippen LogP contribution in [0.3, 0.4) is 0 Å². The van der Waals surface area contributed by atoms with Crippen molar-refractivity contribution in [2.75, 3.05) is 24.5 Å². The van der Waals surface area contributed by atoms with Crippen molar-refractivity contribution in [1.82, 2.24) is 14.3 Å². The molecule has 2 aromatic rings. The number of aromatic nitrogens is 2. The second-order valence-electron chi connectivity index (χ2n) is 8.60. The van der Waals surface area contributed by atoms with Gasteiger partial charge in [0.1, 0.15) is 22.3 Å². The van der Waals surface area contributed by atoms with Crippen LogP contribution in [0.2, 0.25) is 0 Å². The van der Waals surface area contributed by atoms with Crippen LogP contribution in [0.25, 0.3) is 11.7 Å². The first-order valence-electron chi connectivity index (χ1n) is 10.4. The number of aryl methyl sites for hydroxylation is 1. The van der Waals surface area contributed by atoms with Gasteiger partial charge in [0.05, 0.1) is 10.5 Å². The van der Waals surface area contributed by atoms with E-state index in [1.165, 1.54) is 10.5 Å². The van der Waals surface area contributed by atoms with Crippen LogP contribution in [0.4, 0.5) is 5.82 Å². The number of rotatable bonds is 4. The summed E-state index contributed by atoms with van der Waals surface area (Å²) in [5, 5.41) is 9.09. The van der Waals surface area contributed by atoms with Crippen molar-refractivity contribution in [2.24, 2.45) is 11.8 Å². The van der Waals surface area contributed by atoms with Crippen LogP contribution in [-0.2, 0) is 9.59 Å². The number of hydrogen-bond acceptors (Lipinski definition) is 7. The van der Waals surface area contributed by atoms with Gasteiger partial charge in [-0.05, 0) is 42.9 Å². The average Bonchev–Trinajstić information content (AvgIpc) is 2.96. The van der Waals surface area contributed by atoms with Gasteiger partial charge in [-0.3, -0.25) is 23.7 Å². The maximum Gasteiger partial charge on any atom is 0.323 e. The molecule has 1 N–H and O–H groups in total. The summed E-state index contributed by atoms with van der Waals surface area (Å²) >= 11 is 6.20. The van der Waals surface area contributed by atoms with E-state index in [0.717, 1.165) is 41.7 Å². The highest BCUT2D eigenvalue weighted by molar-refractivity contribution is 8.26.